The van der Waals surface area contributed by atoms with Crippen LogP contribution in [0.25, 0.3) is 10.2 Å². The summed E-state index contributed by atoms with van der Waals surface area (Å²) in [6.07, 6.45) is 0.0676. The monoisotopic (exact) mass is 462 g/mol. The lowest BCUT2D eigenvalue weighted by molar-refractivity contribution is -0.140. The van der Waals surface area contributed by atoms with Gasteiger partial charge in [0.2, 0.25) is 10.0 Å². The highest BCUT2D eigenvalue weighted by molar-refractivity contribution is 7.89. The first-order chi connectivity index (χ1) is 14.6. The molecule has 1 aromatic heterocycles. The van der Waals surface area contributed by atoms with Crippen molar-refractivity contribution in [3.8, 4) is 0 Å². The Morgan fingerprint density at radius 3 is 2.42 bits per heavy atom. The Hall–Kier alpha value is -3.02. The van der Waals surface area contributed by atoms with E-state index in [9.17, 15) is 18.0 Å². The van der Waals surface area contributed by atoms with E-state index in [-0.39, 0.29) is 17.9 Å². The van der Waals surface area contributed by atoms with E-state index in [1.165, 1.54) is 19.2 Å². The van der Waals surface area contributed by atoms with Crippen molar-refractivity contribution in [1.82, 2.24) is 4.57 Å². The van der Waals surface area contributed by atoms with Crippen molar-refractivity contribution in [3.63, 3.8) is 0 Å². The summed E-state index contributed by atoms with van der Waals surface area (Å²) in [5.41, 5.74) is 1.99. The molecule has 31 heavy (non-hydrogen) atoms. The fourth-order valence-corrected chi connectivity index (χ4v) is 4.60. The van der Waals surface area contributed by atoms with Gasteiger partial charge in [-0.1, -0.05) is 11.3 Å². The van der Waals surface area contributed by atoms with Crippen molar-refractivity contribution >= 4 is 49.1 Å². The molecule has 164 valence electrons. The molecule has 2 N–H and O–H groups in total. The molecule has 0 saturated carbocycles. The van der Waals surface area contributed by atoms with E-state index in [0.717, 1.165) is 17.0 Å². The van der Waals surface area contributed by atoms with Crippen molar-refractivity contribution < 1.29 is 22.7 Å². The molecule has 0 aliphatic rings. The van der Waals surface area contributed by atoms with E-state index in [1.807, 2.05) is 31.1 Å². The number of nitrogens with zero attached hydrogens (tertiary/aromatic N) is 3. The zero-order valence-corrected chi connectivity index (χ0v) is 18.9. The molecule has 0 bridgehead atoms. The highest BCUT2D eigenvalue weighted by Crippen LogP contribution is 2.22. The standard InChI is InChI=1S/C20H22N4O5S2/c1-23(2)14-6-4-13(5-7-14)19(26)22-20-24(11-10-18(25)29-3)16-9-8-15(31(21,27)28)12-17(16)30-20/h4-9,12H,10-11H2,1-3H3,(H2,21,27,28). The number of hydrogen-bond acceptors (Lipinski definition) is 7. The van der Waals surface area contributed by atoms with Gasteiger partial charge in [0.05, 0.1) is 28.6 Å². The number of methoxy groups -OCH3 is 1. The zero-order valence-electron chi connectivity index (χ0n) is 17.2. The van der Waals surface area contributed by atoms with Crippen LogP contribution in [-0.4, -0.2) is 46.1 Å². The van der Waals surface area contributed by atoms with Gasteiger partial charge in [0.25, 0.3) is 5.91 Å². The Morgan fingerprint density at radius 2 is 1.84 bits per heavy atom. The SMILES string of the molecule is COC(=O)CCn1c(=NC(=O)c2ccc(N(C)C)cc2)sc2cc(S(N)(=O)=O)ccc21. The quantitative estimate of drug-likeness (QED) is 0.556. The largest absolute Gasteiger partial charge is 0.469 e. The van der Waals surface area contributed by atoms with Gasteiger partial charge in [-0.2, -0.15) is 4.99 Å². The Bertz CT molecular complexity index is 1310. The molecule has 0 saturated heterocycles. The molecule has 2 aromatic carbocycles. The molecule has 9 nitrogen and oxygen atoms in total. The van der Waals surface area contributed by atoms with Crippen LogP contribution in [0, 0.1) is 0 Å². The van der Waals surface area contributed by atoms with Crippen molar-refractivity contribution in [1.29, 1.82) is 0 Å². The first-order valence-electron chi connectivity index (χ1n) is 9.19. The lowest BCUT2D eigenvalue weighted by atomic mass is 10.2. The number of benzene rings is 2. The number of primary sulfonamides is 1. The van der Waals surface area contributed by atoms with Crippen LogP contribution >= 0.6 is 11.3 Å². The topological polar surface area (TPSA) is 124 Å². The second kappa shape index (κ2) is 9.00. The third kappa shape index (κ3) is 5.19. The van der Waals surface area contributed by atoms with Gasteiger partial charge in [-0.15, -0.1) is 0 Å². The first-order valence-corrected chi connectivity index (χ1v) is 11.6. The van der Waals surface area contributed by atoms with Crippen molar-refractivity contribution in [2.24, 2.45) is 10.1 Å². The number of hydrogen-bond donors (Lipinski definition) is 1. The van der Waals surface area contributed by atoms with Gasteiger partial charge in [0.15, 0.2) is 4.80 Å². The summed E-state index contributed by atoms with van der Waals surface area (Å²) in [5, 5.41) is 5.23. The number of aromatic nitrogens is 1. The van der Waals surface area contributed by atoms with Crippen LogP contribution < -0.4 is 14.8 Å². The van der Waals surface area contributed by atoms with Crippen LogP contribution in [0.2, 0.25) is 0 Å². The number of esters is 1. The number of thiazole rings is 1. The maximum Gasteiger partial charge on any atom is 0.307 e. The summed E-state index contributed by atoms with van der Waals surface area (Å²) in [4.78, 5) is 30.8. The number of anilines is 1. The molecule has 11 heteroatoms. The average molecular weight is 463 g/mol. The number of carbonyl (C=O) groups is 2. The lowest BCUT2D eigenvalue weighted by Crippen LogP contribution is -2.19. The van der Waals surface area contributed by atoms with Gasteiger partial charge in [-0.05, 0) is 42.5 Å². The number of sulfonamides is 1. The van der Waals surface area contributed by atoms with E-state index < -0.39 is 21.9 Å². The minimum absolute atomic E-state index is 0.0430. The molecule has 0 radical (unpaired) electrons. The van der Waals surface area contributed by atoms with Crippen LogP contribution in [-0.2, 0) is 26.1 Å². The number of carbonyl (C=O) groups excluding carboxylic acids is 2. The number of aryl methyl sites for hydroxylation is 1. The zero-order chi connectivity index (χ0) is 22.8. The van der Waals surface area contributed by atoms with Crippen LogP contribution in [0.1, 0.15) is 16.8 Å². The summed E-state index contributed by atoms with van der Waals surface area (Å²) in [5.74, 6) is -0.861. The molecular formula is C20H22N4O5S2. The number of nitrogens with two attached hydrogens (primary N) is 1. The van der Waals surface area contributed by atoms with Gasteiger partial charge >= 0.3 is 5.97 Å². The minimum atomic E-state index is -3.88. The van der Waals surface area contributed by atoms with Crippen molar-refractivity contribution in [2.75, 3.05) is 26.1 Å². The van der Waals surface area contributed by atoms with Crippen LogP contribution in [0.4, 0.5) is 5.69 Å². The summed E-state index contributed by atoms with van der Waals surface area (Å²) < 4.78 is 30.4. The van der Waals surface area contributed by atoms with Gasteiger partial charge in [-0.25, -0.2) is 13.6 Å². The van der Waals surface area contributed by atoms with Gasteiger partial charge in [0, 0.05) is 31.9 Å². The molecule has 1 heterocycles. The number of ether oxygens (including phenoxy) is 1. The fraction of sp³-hybridized carbons (Fsp3) is 0.250. The molecule has 3 aromatic rings. The van der Waals surface area contributed by atoms with E-state index in [0.29, 0.717) is 20.6 Å². The predicted molar refractivity (Wildman–Crippen MR) is 118 cm³/mol. The fourth-order valence-electron chi connectivity index (χ4n) is 2.89. The van der Waals surface area contributed by atoms with Crippen molar-refractivity contribution in [2.45, 2.75) is 17.9 Å². The second-order valence-electron chi connectivity index (χ2n) is 6.90. The first kappa shape index (κ1) is 22.7. The Morgan fingerprint density at radius 1 is 1.16 bits per heavy atom. The van der Waals surface area contributed by atoms with E-state index in [1.54, 1.807) is 22.8 Å². The maximum atomic E-state index is 12.8. The summed E-state index contributed by atoms with van der Waals surface area (Å²) in [6, 6.07) is 11.4. The summed E-state index contributed by atoms with van der Waals surface area (Å²) in [7, 11) is 1.21. The molecule has 0 spiro atoms. The third-order valence-corrected chi connectivity index (χ3v) is 6.53. The summed E-state index contributed by atoms with van der Waals surface area (Å²) in [6.45, 7) is 0.215. The molecule has 0 aliphatic heterocycles. The van der Waals surface area contributed by atoms with Crippen molar-refractivity contribution in [3.05, 3.63) is 52.8 Å². The smallest absolute Gasteiger partial charge is 0.307 e. The van der Waals surface area contributed by atoms with Crippen LogP contribution in [0.3, 0.4) is 0 Å². The Kier molecular flexibility index (Phi) is 6.58. The maximum absolute atomic E-state index is 12.8. The highest BCUT2D eigenvalue weighted by atomic mass is 32.2. The normalized spacial score (nSPS) is 12.2. The lowest BCUT2D eigenvalue weighted by Gasteiger charge is -2.11. The van der Waals surface area contributed by atoms with Gasteiger partial charge in [0.1, 0.15) is 0 Å². The van der Waals surface area contributed by atoms with Crippen LogP contribution in [0.15, 0.2) is 52.4 Å². The number of fused-ring (bicyclic) bond motifs is 1. The summed E-state index contributed by atoms with van der Waals surface area (Å²) >= 11 is 1.14. The van der Waals surface area contributed by atoms with Gasteiger partial charge < -0.3 is 14.2 Å². The molecule has 0 unspecified atom stereocenters. The second-order valence-corrected chi connectivity index (χ2v) is 9.47. The van der Waals surface area contributed by atoms with Crippen LogP contribution in [0.5, 0.6) is 0 Å². The Labute approximate surface area is 183 Å². The van der Waals surface area contributed by atoms with Gasteiger partial charge in [-0.3, -0.25) is 9.59 Å². The minimum Gasteiger partial charge on any atom is -0.469 e. The molecule has 0 fully saturated rings. The third-order valence-electron chi connectivity index (χ3n) is 4.58. The average Bonchev–Trinajstić information content (AvgIpc) is 3.07. The predicted octanol–water partition coefficient (Wildman–Crippen LogP) is 1.72. The molecule has 3 rings (SSSR count). The number of amides is 1. The molecular weight excluding hydrogens is 440 g/mol. The number of rotatable bonds is 6. The molecule has 1 amide bonds. The molecule has 0 atom stereocenters. The van der Waals surface area contributed by atoms with E-state index in [2.05, 4.69) is 4.99 Å². The van der Waals surface area contributed by atoms with E-state index >= 15 is 0 Å². The van der Waals surface area contributed by atoms with E-state index in [4.69, 9.17) is 9.88 Å². The highest BCUT2D eigenvalue weighted by Gasteiger charge is 2.15. The Balaban J connectivity index is 2.09. The molecule has 0 aliphatic carbocycles.